The molecule has 22 heavy (non-hydrogen) atoms. The van der Waals surface area contributed by atoms with Crippen molar-refractivity contribution >= 4 is 34.2 Å². The second-order valence-electron chi connectivity index (χ2n) is 4.53. The van der Waals surface area contributed by atoms with Gasteiger partial charge in [0, 0.05) is 17.3 Å². The summed E-state index contributed by atoms with van der Waals surface area (Å²) < 4.78 is 5.35. The van der Waals surface area contributed by atoms with E-state index in [1.165, 1.54) is 23.7 Å². The molecule has 0 aromatic carbocycles. The van der Waals surface area contributed by atoms with Crippen molar-refractivity contribution in [1.82, 2.24) is 9.97 Å². The van der Waals surface area contributed by atoms with E-state index in [-0.39, 0.29) is 5.95 Å². The highest BCUT2D eigenvalue weighted by Gasteiger charge is 2.25. The number of ether oxygens (including phenoxy) is 1. The highest BCUT2D eigenvalue weighted by Crippen LogP contribution is 2.36. The Labute approximate surface area is 129 Å². The smallest absolute Gasteiger partial charge is 0.326 e. The first kappa shape index (κ1) is 14.4. The van der Waals surface area contributed by atoms with E-state index in [1.54, 1.807) is 6.07 Å². The molecule has 4 N–H and O–H groups in total. The lowest BCUT2D eigenvalue weighted by molar-refractivity contribution is 0.0991. The van der Waals surface area contributed by atoms with Crippen LogP contribution in [-0.2, 0) is 17.8 Å². The highest BCUT2D eigenvalue weighted by molar-refractivity contribution is 7.17. The van der Waals surface area contributed by atoms with E-state index in [1.807, 2.05) is 0 Å². The molecule has 0 saturated heterocycles. The molecule has 1 aliphatic rings. The maximum absolute atomic E-state index is 12.0. The molecule has 9 heteroatoms. The second-order valence-corrected chi connectivity index (χ2v) is 5.63. The number of amides is 3. The molecule has 0 atom stereocenters. The number of aromatic nitrogens is 2. The SMILES string of the molecule is NC(=O)c1c(NC(=O)Nc2ncccn2)sc2c1CCOC2. The molecule has 2 aromatic rings. The van der Waals surface area contributed by atoms with Gasteiger partial charge in [0.05, 0.1) is 18.8 Å². The molecule has 0 aliphatic carbocycles. The van der Waals surface area contributed by atoms with Crippen LogP contribution in [0, 0.1) is 0 Å². The summed E-state index contributed by atoms with van der Waals surface area (Å²) in [7, 11) is 0. The molecule has 3 rings (SSSR count). The minimum atomic E-state index is -0.564. The van der Waals surface area contributed by atoms with Crippen LogP contribution in [0.15, 0.2) is 18.5 Å². The van der Waals surface area contributed by atoms with E-state index < -0.39 is 11.9 Å². The first-order valence-corrected chi connectivity index (χ1v) is 7.34. The average Bonchev–Trinajstić information content (AvgIpc) is 2.85. The van der Waals surface area contributed by atoms with Crippen LogP contribution in [0.25, 0.3) is 0 Å². The van der Waals surface area contributed by atoms with Crippen molar-refractivity contribution in [3.8, 4) is 0 Å². The number of thiophene rings is 1. The van der Waals surface area contributed by atoms with Gasteiger partial charge in [-0.25, -0.2) is 14.8 Å². The van der Waals surface area contributed by atoms with Crippen molar-refractivity contribution in [3.05, 3.63) is 34.5 Å². The van der Waals surface area contributed by atoms with Gasteiger partial charge in [0.25, 0.3) is 5.91 Å². The summed E-state index contributed by atoms with van der Waals surface area (Å²) in [5.74, 6) is -0.393. The van der Waals surface area contributed by atoms with E-state index in [9.17, 15) is 9.59 Å². The molecule has 2 aromatic heterocycles. The number of rotatable bonds is 3. The average molecular weight is 319 g/mol. The first-order valence-electron chi connectivity index (χ1n) is 6.52. The minimum Gasteiger partial charge on any atom is -0.376 e. The van der Waals surface area contributed by atoms with Crippen LogP contribution in [-0.4, -0.2) is 28.5 Å². The van der Waals surface area contributed by atoms with Gasteiger partial charge in [0.15, 0.2) is 0 Å². The minimum absolute atomic E-state index is 0.172. The van der Waals surface area contributed by atoms with Crippen molar-refractivity contribution < 1.29 is 14.3 Å². The van der Waals surface area contributed by atoms with E-state index in [0.717, 1.165) is 10.4 Å². The molecule has 8 nitrogen and oxygen atoms in total. The summed E-state index contributed by atoms with van der Waals surface area (Å²) >= 11 is 1.29. The Morgan fingerprint density at radius 1 is 1.27 bits per heavy atom. The predicted molar refractivity (Wildman–Crippen MR) is 80.9 cm³/mol. The Bertz CT molecular complexity index is 716. The summed E-state index contributed by atoms with van der Waals surface area (Å²) in [5, 5.41) is 5.53. The number of nitrogens with one attached hydrogen (secondary N) is 2. The Morgan fingerprint density at radius 2 is 2.05 bits per heavy atom. The van der Waals surface area contributed by atoms with Crippen LogP contribution >= 0.6 is 11.3 Å². The molecule has 0 bridgehead atoms. The lowest BCUT2D eigenvalue weighted by Crippen LogP contribution is -2.23. The third kappa shape index (κ3) is 2.90. The molecule has 114 valence electrons. The normalized spacial score (nSPS) is 13.3. The third-order valence-electron chi connectivity index (χ3n) is 3.08. The summed E-state index contributed by atoms with van der Waals surface area (Å²) in [4.78, 5) is 32.4. The molecular weight excluding hydrogens is 306 g/mol. The number of carbonyl (C=O) groups excluding carboxylic acids is 2. The fourth-order valence-electron chi connectivity index (χ4n) is 2.18. The number of nitrogens with zero attached hydrogens (tertiary/aromatic N) is 2. The maximum atomic E-state index is 12.0. The monoisotopic (exact) mass is 319 g/mol. The molecule has 0 fully saturated rings. The van der Waals surface area contributed by atoms with Crippen LogP contribution in [0.3, 0.4) is 0 Å². The number of fused-ring (bicyclic) bond motifs is 1. The fourth-order valence-corrected chi connectivity index (χ4v) is 3.37. The lowest BCUT2D eigenvalue weighted by atomic mass is 10.1. The molecule has 0 radical (unpaired) electrons. The maximum Gasteiger partial charge on any atom is 0.326 e. The van der Waals surface area contributed by atoms with Crippen molar-refractivity contribution in [1.29, 1.82) is 0 Å². The fraction of sp³-hybridized carbons (Fsp3) is 0.231. The molecule has 3 amide bonds. The molecule has 0 unspecified atom stereocenters. The summed E-state index contributed by atoms with van der Waals surface area (Å²) in [6.07, 6.45) is 3.63. The predicted octanol–water partition coefficient (Wildman–Crippen LogP) is 1.35. The van der Waals surface area contributed by atoms with Crippen LogP contribution in [0.1, 0.15) is 20.8 Å². The van der Waals surface area contributed by atoms with E-state index >= 15 is 0 Å². The summed E-state index contributed by atoms with van der Waals surface area (Å²) in [5.41, 5.74) is 6.65. The number of carbonyl (C=O) groups is 2. The van der Waals surface area contributed by atoms with Gasteiger partial charge in [0.2, 0.25) is 5.95 Å². The number of hydrogen-bond acceptors (Lipinski definition) is 6. The van der Waals surface area contributed by atoms with E-state index in [2.05, 4.69) is 20.6 Å². The van der Waals surface area contributed by atoms with Gasteiger partial charge in [-0.3, -0.25) is 15.4 Å². The van der Waals surface area contributed by atoms with Gasteiger partial charge >= 0.3 is 6.03 Å². The van der Waals surface area contributed by atoms with Gasteiger partial charge in [-0.1, -0.05) is 0 Å². The Balaban J connectivity index is 1.81. The second kappa shape index (κ2) is 6.08. The zero-order chi connectivity index (χ0) is 15.5. The number of urea groups is 1. The molecule has 0 spiro atoms. The van der Waals surface area contributed by atoms with Gasteiger partial charge in [-0.2, -0.15) is 0 Å². The summed E-state index contributed by atoms with van der Waals surface area (Å²) in [6.45, 7) is 0.957. The van der Waals surface area contributed by atoms with Crippen LogP contribution in [0.5, 0.6) is 0 Å². The number of primary amides is 1. The Hall–Kier alpha value is -2.52. The van der Waals surface area contributed by atoms with Gasteiger partial charge in [-0.05, 0) is 18.1 Å². The molecule has 0 saturated carbocycles. The molecule has 1 aliphatic heterocycles. The van der Waals surface area contributed by atoms with Gasteiger partial charge in [-0.15, -0.1) is 11.3 Å². The van der Waals surface area contributed by atoms with Crippen molar-refractivity contribution in [2.24, 2.45) is 5.73 Å². The number of nitrogens with two attached hydrogens (primary N) is 1. The van der Waals surface area contributed by atoms with Crippen molar-refractivity contribution in [2.75, 3.05) is 17.2 Å². The first-order chi connectivity index (χ1) is 10.6. The van der Waals surface area contributed by atoms with Gasteiger partial charge in [0.1, 0.15) is 5.00 Å². The van der Waals surface area contributed by atoms with Crippen molar-refractivity contribution in [3.63, 3.8) is 0 Å². The number of anilines is 2. The highest BCUT2D eigenvalue weighted by atomic mass is 32.1. The zero-order valence-electron chi connectivity index (χ0n) is 11.5. The molecule has 3 heterocycles. The summed E-state index contributed by atoms with van der Waals surface area (Å²) in [6, 6.07) is 1.11. The number of hydrogen-bond donors (Lipinski definition) is 3. The Morgan fingerprint density at radius 3 is 2.77 bits per heavy atom. The van der Waals surface area contributed by atoms with Crippen LogP contribution in [0.4, 0.5) is 15.7 Å². The van der Waals surface area contributed by atoms with Crippen molar-refractivity contribution in [2.45, 2.75) is 13.0 Å². The standard InChI is InChI=1S/C13H13N5O3S/c14-10(19)9-7-2-5-21-6-8(7)22-11(9)17-13(20)18-12-15-3-1-4-16-12/h1,3-4H,2,5-6H2,(H2,14,19)(H2,15,16,17,18,20). The zero-order valence-corrected chi connectivity index (χ0v) is 12.3. The van der Waals surface area contributed by atoms with Gasteiger partial charge < -0.3 is 10.5 Å². The third-order valence-corrected chi connectivity index (χ3v) is 4.21. The van der Waals surface area contributed by atoms with Crippen LogP contribution < -0.4 is 16.4 Å². The van der Waals surface area contributed by atoms with E-state index in [4.69, 9.17) is 10.5 Å². The Kier molecular flexibility index (Phi) is 3.98. The largest absolute Gasteiger partial charge is 0.376 e. The van der Waals surface area contributed by atoms with Crippen LogP contribution in [0.2, 0.25) is 0 Å². The lowest BCUT2D eigenvalue weighted by Gasteiger charge is -2.12. The van der Waals surface area contributed by atoms with E-state index in [0.29, 0.717) is 30.2 Å². The topological polar surface area (TPSA) is 119 Å². The molecular formula is C13H13N5O3S. The quantitative estimate of drug-likeness (QED) is 0.789.